The first kappa shape index (κ1) is 13.7. The lowest BCUT2D eigenvalue weighted by atomic mass is 10.3. The van der Waals surface area contributed by atoms with Crippen LogP contribution in [-0.4, -0.2) is 19.3 Å². The first-order valence-electron chi connectivity index (χ1n) is 7.28. The lowest BCUT2D eigenvalue weighted by Gasteiger charge is -2.13. The summed E-state index contributed by atoms with van der Waals surface area (Å²) >= 11 is 0. The zero-order valence-corrected chi connectivity index (χ0v) is 12.9. The molecule has 1 atom stereocenters. The second-order valence-electron chi connectivity index (χ2n) is 5.69. The van der Waals surface area contributed by atoms with E-state index in [0.717, 1.165) is 22.5 Å². The van der Waals surface area contributed by atoms with Crippen molar-refractivity contribution < 1.29 is 0 Å². The van der Waals surface area contributed by atoms with Gasteiger partial charge in [0.1, 0.15) is 5.82 Å². The quantitative estimate of drug-likeness (QED) is 0.797. The molecule has 21 heavy (non-hydrogen) atoms. The number of imidazole rings is 1. The van der Waals surface area contributed by atoms with E-state index in [2.05, 4.69) is 48.9 Å². The maximum atomic E-state index is 4.72. The lowest BCUT2D eigenvalue weighted by molar-refractivity contribution is 0.532. The Bertz CT molecular complexity index is 753. The van der Waals surface area contributed by atoms with Gasteiger partial charge in [-0.15, -0.1) is 0 Å². The highest BCUT2D eigenvalue weighted by Crippen LogP contribution is 2.22. The number of aromatic nitrogens is 4. The zero-order chi connectivity index (χ0) is 15.0. The second kappa shape index (κ2) is 5.24. The number of nitrogens with one attached hydrogen (secondary N) is 1. The van der Waals surface area contributed by atoms with Crippen molar-refractivity contribution in [1.82, 2.24) is 19.3 Å². The Morgan fingerprint density at radius 3 is 2.57 bits per heavy atom. The largest absolute Gasteiger partial charge is 0.373 e. The summed E-state index contributed by atoms with van der Waals surface area (Å²) in [6, 6.07) is 8.68. The third kappa shape index (κ3) is 2.51. The smallest absolute Gasteiger partial charge is 0.131 e. The van der Waals surface area contributed by atoms with Gasteiger partial charge in [0.2, 0.25) is 0 Å². The molecular formula is C16H21N5. The molecule has 0 aliphatic heterocycles. The first-order valence-corrected chi connectivity index (χ1v) is 7.28. The van der Waals surface area contributed by atoms with Gasteiger partial charge in [-0.25, -0.2) is 4.98 Å². The van der Waals surface area contributed by atoms with E-state index in [1.165, 1.54) is 0 Å². The van der Waals surface area contributed by atoms with Crippen LogP contribution in [0.5, 0.6) is 0 Å². The van der Waals surface area contributed by atoms with Gasteiger partial charge in [-0.05, 0) is 32.9 Å². The first-order chi connectivity index (χ1) is 10.1. The number of nitrogens with zero attached hydrogens (tertiary/aromatic N) is 4. The van der Waals surface area contributed by atoms with Crippen molar-refractivity contribution in [3.05, 3.63) is 42.5 Å². The van der Waals surface area contributed by atoms with Gasteiger partial charge in [-0.2, -0.15) is 5.10 Å². The van der Waals surface area contributed by atoms with Gasteiger partial charge < -0.3 is 9.88 Å². The molecule has 3 rings (SSSR count). The summed E-state index contributed by atoms with van der Waals surface area (Å²) in [6.07, 6.45) is 3.89. The van der Waals surface area contributed by atoms with Gasteiger partial charge in [-0.1, -0.05) is 12.1 Å². The van der Waals surface area contributed by atoms with E-state index in [-0.39, 0.29) is 6.04 Å². The molecule has 0 saturated carbocycles. The van der Waals surface area contributed by atoms with Crippen LogP contribution in [0.4, 0.5) is 5.69 Å². The van der Waals surface area contributed by atoms with Crippen LogP contribution in [0, 0.1) is 0 Å². The Kier molecular flexibility index (Phi) is 3.41. The van der Waals surface area contributed by atoms with Crippen LogP contribution in [0.15, 0.2) is 36.7 Å². The normalized spacial score (nSPS) is 13.0. The van der Waals surface area contributed by atoms with Crippen LogP contribution in [-0.2, 0) is 7.05 Å². The van der Waals surface area contributed by atoms with Crippen LogP contribution in [0.2, 0.25) is 0 Å². The number of rotatable bonds is 4. The van der Waals surface area contributed by atoms with E-state index < -0.39 is 0 Å². The predicted molar refractivity (Wildman–Crippen MR) is 85.4 cm³/mol. The summed E-state index contributed by atoms with van der Waals surface area (Å²) in [4.78, 5) is 4.72. The minimum atomic E-state index is 0.118. The molecule has 0 bridgehead atoms. The van der Waals surface area contributed by atoms with Gasteiger partial charge in [0, 0.05) is 19.3 Å². The van der Waals surface area contributed by atoms with Gasteiger partial charge in [-0.3, -0.25) is 4.68 Å². The fourth-order valence-corrected chi connectivity index (χ4v) is 2.56. The van der Waals surface area contributed by atoms with Crippen molar-refractivity contribution in [2.75, 3.05) is 5.32 Å². The van der Waals surface area contributed by atoms with E-state index in [9.17, 15) is 0 Å². The fourth-order valence-electron chi connectivity index (χ4n) is 2.56. The summed E-state index contributed by atoms with van der Waals surface area (Å²) in [6.45, 7) is 6.35. The number of aryl methyl sites for hydroxylation is 1. The number of fused-ring (bicyclic) bond motifs is 1. The van der Waals surface area contributed by atoms with E-state index >= 15 is 0 Å². The van der Waals surface area contributed by atoms with Crippen LogP contribution in [0.3, 0.4) is 0 Å². The molecule has 1 aromatic carbocycles. The Balaban J connectivity index is 1.86. The summed E-state index contributed by atoms with van der Waals surface area (Å²) < 4.78 is 4.09. The van der Waals surface area contributed by atoms with E-state index in [0.29, 0.717) is 6.04 Å². The molecule has 5 heteroatoms. The van der Waals surface area contributed by atoms with E-state index in [4.69, 9.17) is 4.98 Å². The van der Waals surface area contributed by atoms with Crippen molar-refractivity contribution in [2.24, 2.45) is 7.05 Å². The molecule has 2 heterocycles. The highest BCUT2D eigenvalue weighted by molar-refractivity contribution is 5.76. The lowest BCUT2D eigenvalue weighted by Crippen LogP contribution is -2.11. The van der Waals surface area contributed by atoms with Crippen LogP contribution in [0.1, 0.15) is 38.7 Å². The average molecular weight is 283 g/mol. The monoisotopic (exact) mass is 283 g/mol. The molecule has 0 spiro atoms. The molecule has 1 unspecified atom stereocenters. The Labute approximate surface area is 124 Å². The number of hydrogen-bond donors (Lipinski definition) is 1. The minimum Gasteiger partial charge on any atom is -0.373 e. The number of benzene rings is 1. The van der Waals surface area contributed by atoms with Crippen molar-refractivity contribution in [2.45, 2.75) is 32.9 Å². The van der Waals surface area contributed by atoms with Crippen LogP contribution in [0.25, 0.3) is 11.0 Å². The summed E-state index contributed by atoms with van der Waals surface area (Å²) in [5, 5.41) is 7.82. The highest BCUT2D eigenvalue weighted by Gasteiger charge is 2.14. The van der Waals surface area contributed by atoms with Crippen LogP contribution < -0.4 is 5.32 Å². The Morgan fingerprint density at radius 2 is 1.90 bits per heavy atom. The topological polar surface area (TPSA) is 47.7 Å². The Morgan fingerprint density at radius 1 is 1.14 bits per heavy atom. The van der Waals surface area contributed by atoms with Gasteiger partial charge in [0.15, 0.2) is 0 Å². The summed E-state index contributed by atoms with van der Waals surface area (Å²) in [5.41, 5.74) is 3.20. The SMILES string of the molecule is CC(Nc1cnn(C(C)C)c1)c1nc2ccccc2n1C. The summed E-state index contributed by atoms with van der Waals surface area (Å²) in [5.74, 6) is 1.02. The molecule has 0 aliphatic carbocycles. The molecule has 0 radical (unpaired) electrons. The number of para-hydroxylation sites is 2. The third-order valence-corrected chi connectivity index (χ3v) is 3.72. The highest BCUT2D eigenvalue weighted by atomic mass is 15.3. The molecule has 2 aromatic heterocycles. The molecule has 0 saturated heterocycles. The van der Waals surface area contributed by atoms with Gasteiger partial charge >= 0.3 is 0 Å². The molecule has 1 N–H and O–H groups in total. The number of hydrogen-bond acceptors (Lipinski definition) is 3. The van der Waals surface area contributed by atoms with Crippen molar-refractivity contribution in [3.63, 3.8) is 0 Å². The molecule has 0 aliphatic rings. The Hall–Kier alpha value is -2.30. The van der Waals surface area contributed by atoms with E-state index in [1.807, 2.05) is 35.3 Å². The van der Waals surface area contributed by atoms with Gasteiger partial charge in [0.25, 0.3) is 0 Å². The maximum absolute atomic E-state index is 4.72. The third-order valence-electron chi connectivity index (χ3n) is 3.72. The zero-order valence-electron chi connectivity index (χ0n) is 12.9. The van der Waals surface area contributed by atoms with Crippen LogP contribution >= 0.6 is 0 Å². The molecular weight excluding hydrogens is 262 g/mol. The van der Waals surface area contributed by atoms with Crippen molar-refractivity contribution in [3.8, 4) is 0 Å². The van der Waals surface area contributed by atoms with Crippen molar-refractivity contribution in [1.29, 1.82) is 0 Å². The molecule has 5 nitrogen and oxygen atoms in total. The van der Waals surface area contributed by atoms with E-state index in [1.54, 1.807) is 0 Å². The fraction of sp³-hybridized carbons (Fsp3) is 0.375. The molecule has 0 amide bonds. The standard InChI is InChI=1S/C16H21N5/c1-11(2)21-10-13(9-17-21)18-12(3)16-19-14-7-5-6-8-15(14)20(16)4/h5-12,18H,1-4H3. The minimum absolute atomic E-state index is 0.118. The predicted octanol–water partition coefficient (Wildman–Crippen LogP) is 3.52. The second-order valence-corrected chi connectivity index (χ2v) is 5.69. The van der Waals surface area contributed by atoms with Gasteiger partial charge in [0.05, 0.1) is 29.0 Å². The number of anilines is 1. The summed E-state index contributed by atoms with van der Waals surface area (Å²) in [7, 11) is 2.06. The molecule has 110 valence electrons. The maximum Gasteiger partial charge on any atom is 0.131 e. The molecule has 3 aromatic rings. The average Bonchev–Trinajstić information content (AvgIpc) is 3.05. The van der Waals surface area contributed by atoms with Crippen molar-refractivity contribution >= 4 is 16.7 Å². The molecule has 0 fully saturated rings.